The summed E-state index contributed by atoms with van der Waals surface area (Å²) in [5.41, 5.74) is 1.26. The van der Waals surface area contributed by atoms with Gasteiger partial charge in [-0.3, -0.25) is 0 Å². The van der Waals surface area contributed by atoms with Crippen molar-refractivity contribution in [1.82, 2.24) is 10.3 Å². The summed E-state index contributed by atoms with van der Waals surface area (Å²) in [4.78, 5) is 5.99. The third-order valence-electron chi connectivity index (χ3n) is 2.30. The fourth-order valence-corrected chi connectivity index (χ4v) is 2.63. The standard InChI is InChI=1S/C10H18N2S/c1-5-8-7(3)13-10(12-8)9(6-2)11-4/h9,11H,5-6H2,1-4H3. The first kappa shape index (κ1) is 10.7. The normalized spacial score (nSPS) is 13.2. The summed E-state index contributed by atoms with van der Waals surface area (Å²) in [6.45, 7) is 6.50. The van der Waals surface area contributed by atoms with Gasteiger partial charge in [0.2, 0.25) is 0 Å². The highest BCUT2D eigenvalue weighted by Gasteiger charge is 2.13. The van der Waals surface area contributed by atoms with E-state index in [9.17, 15) is 0 Å². The molecule has 0 aliphatic carbocycles. The number of nitrogens with one attached hydrogen (secondary N) is 1. The fourth-order valence-electron chi connectivity index (χ4n) is 1.43. The highest BCUT2D eigenvalue weighted by atomic mass is 32.1. The average molecular weight is 198 g/mol. The Bertz CT molecular complexity index is 264. The lowest BCUT2D eigenvalue weighted by molar-refractivity contribution is 0.572. The van der Waals surface area contributed by atoms with Crippen LogP contribution in [0.15, 0.2) is 0 Å². The van der Waals surface area contributed by atoms with Crippen LogP contribution in [0.2, 0.25) is 0 Å². The number of nitrogens with zero attached hydrogens (tertiary/aromatic N) is 1. The minimum atomic E-state index is 0.434. The molecule has 0 amide bonds. The Labute approximate surface area is 84.4 Å². The molecule has 13 heavy (non-hydrogen) atoms. The zero-order valence-electron chi connectivity index (χ0n) is 8.85. The van der Waals surface area contributed by atoms with Gasteiger partial charge in [-0.15, -0.1) is 11.3 Å². The van der Waals surface area contributed by atoms with Crippen LogP contribution in [0.1, 0.15) is 41.9 Å². The van der Waals surface area contributed by atoms with E-state index in [1.54, 1.807) is 0 Å². The van der Waals surface area contributed by atoms with Crippen LogP contribution >= 0.6 is 11.3 Å². The topological polar surface area (TPSA) is 24.9 Å². The molecule has 0 fully saturated rings. The van der Waals surface area contributed by atoms with Gasteiger partial charge >= 0.3 is 0 Å². The van der Waals surface area contributed by atoms with Crippen LogP contribution in [0.25, 0.3) is 0 Å². The van der Waals surface area contributed by atoms with Crippen molar-refractivity contribution in [3.05, 3.63) is 15.6 Å². The number of rotatable bonds is 4. The lowest BCUT2D eigenvalue weighted by atomic mass is 10.2. The minimum Gasteiger partial charge on any atom is -0.311 e. The molecule has 0 radical (unpaired) electrons. The minimum absolute atomic E-state index is 0.434. The summed E-state index contributed by atoms with van der Waals surface area (Å²) in [7, 11) is 2.00. The van der Waals surface area contributed by atoms with E-state index in [2.05, 4.69) is 31.1 Å². The second kappa shape index (κ2) is 4.72. The third-order valence-corrected chi connectivity index (χ3v) is 3.43. The molecule has 0 aromatic carbocycles. The zero-order chi connectivity index (χ0) is 9.84. The molecule has 0 saturated carbocycles. The van der Waals surface area contributed by atoms with Crippen LogP contribution in [-0.4, -0.2) is 12.0 Å². The van der Waals surface area contributed by atoms with Gasteiger partial charge in [-0.05, 0) is 26.8 Å². The number of aromatic nitrogens is 1. The Morgan fingerprint density at radius 3 is 2.54 bits per heavy atom. The lowest BCUT2D eigenvalue weighted by Crippen LogP contribution is -2.14. The Balaban J connectivity index is 2.88. The van der Waals surface area contributed by atoms with Crippen LogP contribution < -0.4 is 5.32 Å². The van der Waals surface area contributed by atoms with E-state index in [0.717, 1.165) is 12.8 Å². The highest BCUT2D eigenvalue weighted by molar-refractivity contribution is 7.11. The summed E-state index contributed by atoms with van der Waals surface area (Å²) in [5, 5.41) is 4.52. The van der Waals surface area contributed by atoms with E-state index in [-0.39, 0.29) is 0 Å². The molecule has 1 aromatic heterocycles. The van der Waals surface area contributed by atoms with E-state index < -0.39 is 0 Å². The Morgan fingerprint density at radius 2 is 2.15 bits per heavy atom. The van der Waals surface area contributed by atoms with E-state index >= 15 is 0 Å². The molecule has 1 N–H and O–H groups in total. The predicted octanol–water partition coefficient (Wildman–Crippen LogP) is 2.68. The Kier molecular flexibility index (Phi) is 3.88. The van der Waals surface area contributed by atoms with E-state index in [1.807, 2.05) is 18.4 Å². The number of hydrogen-bond acceptors (Lipinski definition) is 3. The van der Waals surface area contributed by atoms with Crippen molar-refractivity contribution < 1.29 is 0 Å². The summed E-state index contributed by atoms with van der Waals surface area (Å²) < 4.78 is 0. The molecule has 2 nitrogen and oxygen atoms in total. The molecule has 0 bridgehead atoms. The fraction of sp³-hybridized carbons (Fsp3) is 0.700. The van der Waals surface area contributed by atoms with Gasteiger partial charge < -0.3 is 5.32 Å². The largest absolute Gasteiger partial charge is 0.311 e. The molecule has 3 heteroatoms. The van der Waals surface area contributed by atoms with Gasteiger partial charge in [0, 0.05) is 4.88 Å². The molecule has 0 saturated heterocycles. The SMILES string of the molecule is CCc1nc(C(CC)NC)sc1C. The van der Waals surface area contributed by atoms with Crippen molar-refractivity contribution in [2.24, 2.45) is 0 Å². The van der Waals surface area contributed by atoms with Gasteiger partial charge in [-0.25, -0.2) is 4.98 Å². The highest BCUT2D eigenvalue weighted by Crippen LogP contribution is 2.24. The maximum atomic E-state index is 4.63. The first-order chi connectivity index (χ1) is 6.22. The van der Waals surface area contributed by atoms with Crippen molar-refractivity contribution in [3.8, 4) is 0 Å². The summed E-state index contributed by atoms with van der Waals surface area (Å²) in [6, 6.07) is 0.434. The summed E-state index contributed by atoms with van der Waals surface area (Å²) in [6.07, 6.45) is 2.15. The molecule has 1 heterocycles. The number of hydrogen-bond donors (Lipinski definition) is 1. The number of thiazole rings is 1. The molecular weight excluding hydrogens is 180 g/mol. The van der Waals surface area contributed by atoms with E-state index in [0.29, 0.717) is 6.04 Å². The molecule has 1 rings (SSSR count). The summed E-state index contributed by atoms with van der Waals surface area (Å²) in [5.74, 6) is 0. The van der Waals surface area contributed by atoms with E-state index in [1.165, 1.54) is 15.6 Å². The van der Waals surface area contributed by atoms with Crippen molar-refractivity contribution in [2.75, 3.05) is 7.05 Å². The lowest BCUT2D eigenvalue weighted by Gasteiger charge is -2.09. The molecule has 0 aliphatic heterocycles. The molecule has 74 valence electrons. The molecule has 0 aliphatic rings. The first-order valence-electron chi connectivity index (χ1n) is 4.86. The first-order valence-corrected chi connectivity index (χ1v) is 5.68. The van der Waals surface area contributed by atoms with Crippen LogP contribution in [0, 0.1) is 6.92 Å². The summed E-state index contributed by atoms with van der Waals surface area (Å²) >= 11 is 1.82. The van der Waals surface area contributed by atoms with Crippen LogP contribution in [0.3, 0.4) is 0 Å². The third kappa shape index (κ3) is 2.29. The van der Waals surface area contributed by atoms with Crippen LogP contribution in [0.4, 0.5) is 0 Å². The average Bonchev–Trinajstić information content (AvgIpc) is 2.49. The van der Waals surface area contributed by atoms with Crippen LogP contribution in [-0.2, 0) is 6.42 Å². The van der Waals surface area contributed by atoms with Crippen molar-refractivity contribution >= 4 is 11.3 Å². The van der Waals surface area contributed by atoms with Gasteiger partial charge in [0.05, 0.1) is 11.7 Å². The molecule has 1 aromatic rings. The quantitative estimate of drug-likeness (QED) is 0.804. The van der Waals surface area contributed by atoms with Crippen molar-refractivity contribution in [1.29, 1.82) is 0 Å². The molecule has 1 unspecified atom stereocenters. The van der Waals surface area contributed by atoms with Gasteiger partial charge in [0.25, 0.3) is 0 Å². The second-order valence-corrected chi connectivity index (χ2v) is 4.39. The number of aryl methyl sites for hydroxylation is 2. The smallest absolute Gasteiger partial charge is 0.110 e. The monoisotopic (exact) mass is 198 g/mol. The zero-order valence-corrected chi connectivity index (χ0v) is 9.66. The second-order valence-electron chi connectivity index (χ2n) is 3.16. The molecule has 0 spiro atoms. The van der Waals surface area contributed by atoms with Crippen molar-refractivity contribution in [3.63, 3.8) is 0 Å². The van der Waals surface area contributed by atoms with Gasteiger partial charge in [0.15, 0.2) is 0 Å². The van der Waals surface area contributed by atoms with Crippen LogP contribution in [0.5, 0.6) is 0 Å². The maximum absolute atomic E-state index is 4.63. The van der Waals surface area contributed by atoms with Gasteiger partial charge in [0.1, 0.15) is 5.01 Å². The maximum Gasteiger partial charge on any atom is 0.110 e. The van der Waals surface area contributed by atoms with E-state index in [4.69, 9.17) is 0 Å². The molecular formula is C10H18N2S. The van der Waals surface area contributed by atoms with Gasteiger partial charge in [-0.2, -0.15) is 0 Å². The van der Waals surface area contributed by atoms with Gasteiger partial charge in [-0.1, -0.05) is 13.8 Å². The molecule has 1 atom stereocenters. The predicted molar refractivity (Wildman–Crippen MR) is 58.3 cm³/mol. The Hall–Kier alpha value is -0.410. The van der Waals surface area contributed by atoms with Crippen molar-refractivity contribution in [2.45, 2.75) is 39.7 Å². The Morgan fingerprint density at radius 1 is 1.46 bits per heavy atom.